The van der Waals surface area contributed by atoms with Gasteiger partial charge < -0.3 is 9.47 Å². The Morgan fingerprint density at radius 1 is 0.757 bits per heavy atom. The van der Waals surface area contributed by atoms with Crippen molar-refractivity contribution in [1.29, 1.82) is 0 Å². The Balaban J connectivity index is 1.58. The molecule has 37 heavy (non-hydrogen) atoms. The molecule has 4 rings (SSSR count). The second-order valence-corrected chi connectivity index (χ2v) is 9.54. The minimum atomic E-state index is -3.91. The van der Waals surface area contributed by atoms with Crippen LogP contribution in [0.3, 0.4) is 0 Å². The number of rotatable bonds is 8. The third-order valence-corrected chi connectivity index (χ3v) is 6.36. The highest BCUT2D eigenvalue weighted by atomic mass is 32.2. The number of sulfonamides is 1. The Bertz CT molecular complexity index is 1540. The lowest BCUT2D eigenvalue weighted by Crippen LogP contribution is -2.18. The average molecular weight is 515 g/mol. The van der Waals surface area contributed by atoms with Gasteiger partial charge in [0, 0.05) is 11.6 Å². The third kappa shape index (κ3) is 6.68. The van der Waals surface area contributed by atoms with Crippen LogP contribution in [0.1, 0.15) is 31.8 Å². The van der Waals surface area contributed by atoms with Crippen molar-refractivity contribution < 1.29 is 27.5 Å². The second kappa shape index (κ2) is 11.3. The predicted molar refractivity (Wildman–Crippen MR) is 138 cm³/mol. The SMILES string of the molecule is Cc1ccc(S(=O)(=O)N/N=C/c2ccc(OC(=O)c3ccccc3)cc2OC(=O)c2ccccc2)cc1. The number of hydrogen-bond donors (Lipinski definition) is 1. The fraction of sp³-hybridized carbons (Fsp3) is 0.0357. The summed E-state index contributed by atoms with van der Waals surface area (Å²) in [6, 6.07) is 27.4. The summed E-state index contributed by atoms with van der Waals surface area (Å²) in [5, 5.41) is 3.83. The summed E-state index contributed by atoms with van der Waals surface area (Å²) in [5.41, 5.74) is 1.84. The first-order valence-electron chi connectivity index (χ1n) is 11.1. The molecule has 0 aliphatic heterocycles. The molecule has 0 radical (unpaired) electrons. The van der Waals surface area contributed by atoms with Gasteiger partial charge in [0.25, 0.3) is 10.0 Å². The third-order valence-electron chi connectivity index (χ3n) is 5.13. The van der Waals surface area contributed by atoms with Gasteiger partial charge in [-0.1, -0.05) is 54.1 Å². The number of carbonyl (C=O) groups is 2. The molecule has 186 valence electrons. The molecule has 0 heterocycles. The molecule has 0 saturated carbocycles. The molecule has 0 aliphatic carbocycles. The summed E-state index contributed by atoms with van der Waals surface area (Å²) in [6.07, 6.45) is 1.20. The zero-order chi connectivity index (χ0) is 26.3. The number of carbonyl (C=O) groups excluding carboxylic acids is 2. The van der Waals surface area contributed by atoms with Crippen LogP contribution < -0.4 is 14.3 Å². The number of nitrogens with one attached hydrogen (secondary N) is 1. The summed E-state index contributed by atoms with van der Waals surface area (Å²) < 4.78 is 36.0. The fourth-order valence-corrected chi connectivity index (χ4v) is 3.97. The highest BCUT2D eigenvalue weighted by Crippen LogP contribution is 2.26. The summed E-state index contributed by atoms with van der Waals surface area (Å²) in [7, 11) is -3.91. The van der Waals surface area contributed by atoms with E-state index in [1.54, 1.807) is 72.8 Å². The highest BCUT2D eigenvalue weighted by Gasteiger charge is 2.16. The van der Waals surface area contributed by atoms with Crippen molar-refractivity contribution in [3.8, 4) is 11.5 Å². The second-order valence-electron chi connectivity index (χ2n) is 7.88. The van der Waals surface area contributed by atoms with E-state index in [-0.39, 0.29) is 22.0 Å². The standard InChI is InChI=1S/C28H22N2O6S/c1-20-12-16-25(17-13-20)37(33,34)30-29-19-23-14-15-24(35-27(31)21-8-4-2-5-9-21)18-26(23)36-28(32)22-10-6-3-7-11-22/h2-19,30H,1H3/b29-19+. The van der Waals surface area contributed by atoms with Crippen LogP contribution >= 0.6 is 0 Å². The first kappa shape index (κ1) is 25.3. The smallest absolute Gasteiger partial charge is 0.343 e. The first-order valence-corrected chi connectivity index (χ1v) is 12.6. The van der Waals surface area contributed by atoms with E-state index in [4.69, 9.17) is 9.47 Å². The largest absolute Gasteiger partial charge is 0.423 e. The molecule has 0 unspecified atom stereocenters. The van der Waals surface area contributed by atoms with E-state index < -0.39 is 22.0 Å². The molecule has 0 fully saturated rings. The number of ether oxygens (including phenoxy) is 2. The summed E-state index contributed by atoms with van der Waals surface area (Å²) in [6.45, 7) is 1.85. The quantitative estimate of drug-likeness (QED) is 0.157. The molecular formula is C28H22N2O6S. The summed E-state index contributed by atoms with van der Waals surface area (Å²) in [5.74, 6) is -1.09. The normalized spacial score (nSPS) is 11.2. The van der Waals surface area contributed by atoms with E-state index in [9.17, 15) is 18.0 Å². The molecule has 0 saturated heterocycles. The molecule has 0 atom stereocenters. The molecule has 1 N–H and O–H groups in total. The van der Waals surface area contributed by atoms with Gasteiger partial charge in [-0.3, -0.25) is 0 Å². The highest BCUT2D eigenvalue weighted by molar-refractivity contribution is 7.89. The van der Waals surface area contributed by atoms with Crippen LogP contribution in [0.25, 0.3) is 0 Å². The Hall–Kier alpha value is -4.76. The minimum absolute atomic E-state index is 0.0190. The zero-order valence-electron chi connectivity index (χ0n) is 19.7. The lowest BCUT2D eigenvalue weighted by atomic mass is 10.2. The summed E-state index contributed by atoms with van der Waals surface area (Å²) in [4.78, 5) is 27.3. The van der Waals surface area contributed by atoms with Crippen LogP contribution in [0.5, 0.6) is 11.5 Å². The van der Waals surface area contributed by atoms with E-state index >= 15 is 0 Å². The minimum Gasteiger partial charge on any atom is -0.423 e. The van der Waals surface area contributed by atoms with E-state index in [1.165, 1.54) is 36.5 Å². The van der Waals surface area contributed by atoms with Gasteiger partial charge in [0.1, 0.15) is 11.5 Å². The Morgan fingerprint density at radius 2 is 1.32 bits per heavy atom. The lowest BCUT2D eigenvalue weighted by molar-refractivity contribution is 0.0732. The van der Waals surface area contributed by atoms with Gasteiger partial charge in [-0.05, 0) is 55.5 Å². The Morgan fingerprint density at radius 3 is 1.92 bits per heavy atom. The molecule has 4 aromatic carbocycles. The number of aryl methyl sites for hydroxylation is 1. The predicted octanol–water partition coefficient (Wildman–Crippen LogP) is 4.75. The van der Waals surface area contributed by atoms with Crippen LogP contribution in [-0.4, -0.2) is 26.6 Å². The summed E-state index contributed by atoms with van der Waals surface area (Å²) >= 11 is 0. The van der Waals surface area contributed by atoms with Gasteiger partial charge in [-0.2, -0.15) is 13.5 Å². The molecule has 9 heteroatoms. The Labute approximate surface area is 214 Å². The first-order chi connectivity index (χ1) is 17.8. The van der Waals surface area contributed by atoms with Crippen molar-refractivity contribution in [2.24, 2.45) is 5.10 Å². The maximum absolute atomic E-state index is 12.7. The van der Waals surface area contributed by atoms with Crippen LogP contribution in [0.15, 0.2) is 113 Å². The van der Waals surface area contributed by atoms with Gasteiger partial charge >= 0.3 is 11.9 Å². The van der Waals surface area contributed by atoms with Gasteiger partial charge in [0.15, 0.2) is 0 Å². The van der Waals surface area contributed by atoms with E-state index in [2.05, 4.69) is 9.93 Å². The fourth-order valence-electron chi connectivity index (χ4n) is 3.18. The zero-order valence-corrected chi connectivity index (χ0v) is 20.5. The molecule has 0 bridgehead atoms. The molecular weight excluding hydrogens is 492 g/mol. The van der Waals surface area contributed by atoms with Crippen LogP contribution in [-0.2, 0) is 10.0 Å². The Kier molecular flexibility index (Phi) is 7.75. The van der Waals surface area contributed by atoms with Crippen molar-refractivity contribution in [3.63, 3.8) is 0 Å². The molecule has 0 amide bonds. The number of benzene rings is 4. The van der Waals surface area contributed by atoms with E-state index in [0.29, 0.717) is 11.1 Å². The number of hydrazone groups is 1. The van der Waals surface area contributed by atoms with Crippen LogP contribution in [0, 0.1) is 6.92 Å². The van der Waals surface area contributed by atoms with Gasteiger partial charge in [0.05, 0.1) is 22.2 Å². The van der Waals surface area contributed by atoms with Crippen LogP contribution in [0.2, 0.25) is 0 Å². The van der Waals surface area contributed by atoms with Gasteiger partial charge in [-0.15, -0.1) is 0 Å². The number of hydrogen-bond acceptors (Lipinski definition) is 7. The topological polar surface area (TPSA) is 111 Å². The number of esters is 2. The number of nitrogens with zero attached hydrogens (tertiary/aromatic N) is 1. The molecule has 4 aromatic rings. The lowest BCUT2D eigenvalue weighted by Gasteiger charge is -2.11. The van der Waals surface area contributed by atoms with Crippen molar-refractivity contribution in [3.05, 3.63) is 125 Å². The van der Waals surface area contributed by atoms with Crippen LogP contribution in [0.4, 0.5) is 0 Å². The molecule has 0 aromatic heterocycles. The molecule has 8 nitrogen and oxygen atoms in total. The maximum Gasteiger partial charge on any atom is 0.343 e. The van der Waals surface area contributed by atoms with E-state index in [0.717, 1.165) is 5.56 Å². The van der Waals surface area contributed by atoms with Gasteiger partial charge in [-0.25, -0.2) is 14.4 Å². The van der Waals surface area contributed by atoms with Crippen molar-refractivity contribution in [2.75, 3.05) is 0 Å². The monoisotopic (exact) mass is 514 g/mol. The average Bonchev–Trinajstić information content (AvgIpc) is 2.91. The van der Waals surface area contributed by atoms with E-state index in [1.807, 2.05) is 6.92 Å². The molecule has 0 spiro atoms. The molecule has 0 aliphatic rings. The van der Waals surface area contributed by atoms with Crippen molar-refractivity contribution in [2.45, 2.75) is 11.8 Å². The maximum atomic E-state index is 12.7. The van der Waals surface area contributed by atoms with Crippen molar-refractivity contribution >= 4 is 28.2 Å². The van der Waals surface area contributed by atoms with Gasteiger partial charge in [0.2, 0.25) is 0 Å². The van der Waals surface area contributed by atoms with Crippen molar-refractivity contribution in [1.82, 2.24) is 4.83 Å².